The molecule has 0 aromatic rings. The van der Waals surface area contributed by atoms with Gasteiger partial charge in [-0.15, -0.1) is 0 Å². The number of amides is 1. The first-order valence-corrected chi connectivity index (χ1v) is 7.85. The second-order valence-electron chi connectivity index (χ2n) is 6.22. The highest BCUT2D eigenvalue weighted by atomic mass is 32.1. The van der Waals surface area contributed by atoms with Crippen LogP contribution in [0.25, 0.3) is 0 Å². The van der Waals surface area contributed by atoms with E-state index in [1.807, 2.05) is 4.90 Å². The SMILES string of the molecule is CC(=O)N1CCN(C(=S)N[C@@H]2C[C@H]3CC[C@@H]2C3)CC1. The van der Waals surface area contributed by atoms with Crippen molar-refractivity contribution in [2.45, 2.75) is 38.6 Å². The summed E-state index contributed by atoms with van der Waals surface area (Å²) in [6.45, 7) is 4.97. The lowest BCUT2D eigenvalue weighted by atomic mass is 9.95. The van der Waals surface area contributed by atoms with Gasteiger partial charge in [0.2, 0.25) is 5.91 Å². The summed E-state index contributed by atoms with van der Waals surface area (Å²) in [6.07, 6.45) is 5.51. The normalized spacial score (nSPS) is 33.6. The molecule has 106 valence electrons. The molecule has 1 saturated heterocycles. The summed E-state index contributed by atoms with van der Waals surface area (Å²) >= 11 is 5.54. The molecular formula is C14H23N3OS. The third kappa shape index (κ3) is 2.71. The Morgan fingerprint density at radius 3 is 2.32 bits per heavy atom. The molecule has 0 spiro atoms. The largest absolute Gasteiger partial charge is 0.360 e. The Balaban J connectivity index is 1.48. The lowest BCUT2D eigenvalue weighted by molar-refractivity contribution is -0.130. The number of nitrogens with zero attached hydrogens (tertiary/aromatic N) is 2. The topological polar surface area (TPSA) is 35.6 Å². The third-order valence-corrected chi connectivity index (χ3v) is 5.44. The molecule has 19 heavy (non-hydrogen) atoms. The molecule has 0 aromatic carbocycles. The summed E-state index contributed by atoms with van der Waals surface area (Å²) in [6, 6.07) is 0.608. The predicted octanol–water partition coefficient (Wildman–Crippen LogP) is 1.21. The highest BCUT2D eigenvalue weighted by Crippen LogP contribution is 2.44. The first-order valence-electron chi connectivity index (χ1n) is 7.44. The van der Waals surface area contributed by atoms with Crippen molar-refractivity contribution < 1.29 is 4.79 Å². The fraction of sp³-hybridized carbons (Fsp3) is 0.857. The number of carbonyl (C=O) groups is 1. The van der Waals surface area contributed by atoms with Crippen molar-refractivity contribution >= 4 is 23.2 Å². The quantitative estimate of drug-likeness (QED) is 0.733. The molecule has 3 rings (SSSR count). The maximum atomic E-state index is 11.3. The van der Waals surface area contributed by atoms with Gasteiger partial charge in [0.15, 0.2) is 5.11 Å². The van der Waals surface area contributed by atoms with Crippen LogP contribution < -0.4 is 5.32 Å². The van der Waals surface area contributed by atoms with Crippen molar-refractivity contribution in [3.8, 4) is 0 Å². The Morgan fingerprint density at radius 2 is 1.79 bits per heavy atom. The number of hydrogen-bond acceptors (Lipinski definition) is 2. The number of rotatable bonds is 1. The molecule has 5 heteroatoms. The molecule has 1 aliphatic heterocycles. The van der Waals surface area contributed by atoms with Crippen LogP contribution in [0.15, 0.2) is 0 Å². The molecule has 1 heterocycles. The Kier molecular flexibility index (Phi) is 3.65. The fourth-order valence-electron chi connectivity index (χ4n) is 3.90. The van der Waals surface area contributed by atoms with E-state index in [9.17, 15) is 4.79 Å². The maximum absolute atomic E-state index is 11.3. The highest BCUT2D eigenvalue weighted by Gasteiger charge is 2.40. The smallest absolute Gasteiger partial charge is 0.219 e. The molecular weight excluding hydrogens is 258 g/mol. The molecule has 3 atom stereocenters. The van der Waals surface area contributed by atoms with Gasteiger partial charge >= 0.3 is 0 Å². The van der Waals surface area contributed by atoms with Crippen molar-refractivity contribution in [3.63, 3.8) is 0 Å². The van der Waals surface area contributed by atoms with E-state index in [0.29, 0.717) is 6.04 Å². The van der Waals surface area contributed by atoms with Gasteiger partial charge in [-0.1, -0.05) is 6.42 Å². The van der Waals surface area contributed by atoms with Crippen molar-refractivity contribution in [2.24, 2.45) is 11.8 Å². The molecule has 3 aliphatic rings. The van der Waals surface area contributed by atoms with Crippen LogP contribution in [-0.2, 0) is 4.79 Å². The van der Waals surface area contributed by atoms with E-state index >= 15 is 0 Å². The summed E-state index contributed by atoms with van der Waals surface area (Å²) in [5, 5.41) is 4.48. The van der Waals surface area contributed by atoms with Crippen LogP contribution in [0.5, 0.6) is 0 Å². The van der Waals surface area contributed by atoms with Crippen LogP contribution in [0.3, 0.4) is 0 Å². The minimum Gasteiger partial charge on any atom is -0.360 e. The molecule has 2 saturated carbocycles. The summed E-state index contributed by atoms with van der Waals surface area (Å²) in [4.78, 5) is 15.4. The zero-order valence-corrected chi connectivity index (χ0v) is 12.4. The average Bonchev–Trinajstić information content (AvgIpc) is 3.01. The lowest BCUT2D eigenvalue weighted by Crippen LogP contribution is -2.54. The molecule has 2 bridgehead atoms. The Bertz CT molecular complexity index is 379. The number of piperazine rings is 1. The van der Waals surface area contributed by atoms with E-state index < -0.39 is 0 Å². The van der Waals surface area contributed by atoms with E-state index in [4.69, 9.17) is 12.2 Å². The van der Waals surface area contributed by atoms with Gasteiger partial charge in [-0.05, 0) is 43.3 Å². The van der Waals surface area contributed by atoms with Crippen molar-refractivity contribution in [1.29, 1.82) is 0 Å². The van der Waals surface area contributed by atoms with E-state index in [-0.39, 0.29) is 5.91 Å². The summed E-state index contributed by atoms with van der Waals surface area (Å²) in [7, 11) is 0. The molecule has 0 aromatic heterocycles. The Morgan fingerprint density at radius 1 is 1.11 bits per heavy atom. The van der Waals surface area contributed by atoms with Gasteiger partial charge < -0.3 is 15.1 Å². The number of fused-ring (bicyclic) bond motifs is 2. The van der Waals surface area contributed by atoms with Gasteiger partial charge in [0, 0.05) is 39.1 Å². The van der Waals surface area contributed by atoms with Gasteiger partial charge in [-0.2, -0.15) is 0 Å². The number of nitrogens with one attached hydrogen (secondary N) is 1. The predicted molar refractivity (Wildman–Crippen MR) is 78.8 cm³/mol. The first-order chi connectivity index (χ1) is 9.13. The van der Waals surface area contributed by atoms with Crippen LogP contribution in [0.1, 0.15) is 32.6 Å². The number of hydrogen-bond donors (Lipinski definition) is 1. The molecule has 3 fully saturated rings. The van der Waals surface area contributed by atoms with E-state index in [0.717, 1.165) is 43.1 Å². The Labute approximate surface area is 120 Å². The summed E-state index contributed by atoms with van der Waals surface area (Å²) in [5.74, 6) is 1.97. The molecule has 4 nitrogen and oxygen atoms in total. The van der Waals surface area contributed by atoms with E-state index in [1.54, 1.807) is 6.92 Å². The molecule has 1 N–H and O–H groups in total. The zero-order chi connectivity index (χ0) is 13.4. The van der Waals surface area contributed by atoms with Crippen LogP contribution in [0, 0.1) is 11.8 Å². The second kappa shape index (κ2) is 5.27. The second-order valence-corrected chi connectivity index (χ2v) is 6.61. The van der Waals surface area contributed by atoms with Gasteiger partial charge in [0.05, 0.1) is 0 Å². The van der Waals surface area contributed by atoms with Gasteiger partial charge in [-0.3, -0.25) is 4.79 Å². The minimum absolute atomic E-state index is 0.173. The molecule has 2 aliphatic carbocycles. The van der Waals surface area contributed by atoms with Crippen LogP contribution >= 0.6 is 12.2 Å². The number of thiocarbonyl (C=S) groups is 1. The van der Waals surface area contributed by atoms with Gasteiger partial charge in [-0.25, -0.2) is 0 Å². The van der Waals surface area contributed by atoms with Gasteiger partial charge in [0.1, 0.15) is 0 Å². The van der Waals surface area contributed by atoms with Crippen LogP contribution in [0.4, 0.5) is 0 Å². The number of carbonyl (C=O) groups excluding carboxylic acids is 1. The van der Waals surface area contributed by atoms with Crippen LogP contribution in [0.2, 0.25) is 0 Å². The van der Waals surface area contributed by atoms with Crippen molar-refractivity contribution in [2.75, 3.05) is 26.2 Å². The molecule has 0 unspecified atom stereocenters. The highest BCUT2D eigenvalue weighted by molar-refractivity contribution is 7.80. The lowest BCUT2D eigenvalue weighted by Gasteiger charge is -2.37. The monoisotopic (exact) mass is 281 g/mol. The third-order valence-electron chi connectivity index (χ3n) is 5.06. The fourth-order valence-corrected chi connectivity index (χ4v) is 4.23. The minimum atomic E-state index is 0.173. The molecule has 0 radical (unpaired) electrons. The maximum Gasteiger partial charge on any atom is 0.219 e. The van der Waals surface area contributed by atoms with Crippen LogP contribution in [-0.4, -0.2) is 53.0 Å². The van der Waals surface area contributed by atoms with Crippen molar-refractivity contribution in [1.82, 2.24) is 15.1 Å². The average molecular weight is 281 g/mol. The standard InChI is InChI=1S/C14H23N3OS/c1-10(18)16-4-6-17(7-5-16)14(19)15-13-9-11-2-3-12(13)8-11/h11-13H,2-9H2,1H3,(H,15,19)/t11-,12+,13+/m0/s1. The summed E-state index contributed by atoms with van der Waals surface area (Å²) in [5.41, 5.74) is 0. The van der Waals surface area contributed by atoms with Gasteiger partial charge in [0.25, 0.3) is 0 Å². The zero-order valence-electron chi connectivity index (χ0n) is 11.6. The summed E-state index contributed by atoms with van der Waals surface area (Å²) < 4.78 is 0. The molecule has 1 amide bonds. The van der Waals surface area contributed by atoms with Crippen molar-refractivity contribution in [3.05, 3.63) is 0 Å². The Hall–Kier alpha value is -0.840. The van der Waals surface area contributed by atoms with E-state index in [1.165, 1.54) is 25.7 Å². The van der Waals surface area contributed by atoms with E-state index in [2.05, 4.69) is 10.2 Å². The first kappa shape index (κ1) is 13.2.